The second-order valence-electron chi connectivity index (χ2n) is 2.74. The smallest absolute Gasteiger partial charge is 0.407 e. The number of rotatable bonds is 1. The molecular formula is C7H9N3O2. The minimum atomic E-state index is -0.358. The van der Waals surface area contributed by atoms with Crippen molar-refractivity contribution < 1.29 is 9.53 Å². The standard InChI is InChI=1S/C7H9N3O2/c1-10-3-5(2-8-10)6-4-12-7(11)9-6/h2-3,6H,4H2,1H3,(H,9,11). The molecule has 64 valence electrons. The number of carbonyl (C=O) groups excluding carboxylic acids is 1. The molecular weight excluding hydrogens is 158 g/mol. The Labute approximate surface area is 69.3 Å². The van der Waals surface area contributed by atoms with Crippen molar-refractivity contribution in [1.29, 1.82) is 0 Å². The van der Waals surface area contributed by atoms with Crippen LogP contribution in [-0.4, -0.2) is 22.5 Å². The molecule has 2 rings (SSSR count). The SMILES string of the molecule is Cn1cc(C2COC(=O)N2)cn1. The number of amides is 1. The first-order chi connectivity index (χ1) is 5.75. The van der Waals surface area contributed by atoms with Gasteiger partial charge < -0.3 is 10.1 Å². The van der Waals surface area contributed by atoms with Crippen LogP contribution < -0.4 is 5.32 Å². The molecule has 0 aliphatic carbocycles. The number of ether oxygens (including phenoxy) is 1. The van der Waals surface area contributed by atoms with E-state index in [0.29, 0.717) is 6.61 Å². The van der Waals surface area contributed by atoms with Crippen LogP contribution in [0.15, 0.2) is 12.4 Å². The van der Waals surface area contributed by atoms with Gasteiger partial charge in [0.2, 0.25) is 0 Å². The van der Waals surface area contributed by atoms with E-state index in [2.05, 4.69) is 10.4 Å². The van der Waals surface area contributed by atoms with Gasteiger partial charge in [0, 0.05) is 18.8 Å². The van der Waals surface area contributed by atoms with Crippen molar-refractivity contribution in [3.63, 3.8) is 0 Å². The van der Waals surface area contributed by atoms with Gasteiger partial charge in [-0.3, -0.25) is 4.68 Å². The number of nitrogens with one attached hydrogen (secondary N) is 1. The molecule has 1 saturated heterocycles. The Morgan fingerprint density at radius 1 is 1.83 bits per heavy atom. The van der Waals surface area contributed by atoms with Gasteiger partial charge in [0.15, 0.2) is 0 Å². The van der Waals surface area contributed by atoms with Crippen LogP contribution in [0.5, 0.6) is 0 Å². The van der Waals surface area contributed by atoms with E-state index in [1.807, 2.05) is 13.2 Å². The second kappa shape index (κ2) is 2.51. The lowest BCUT2D eigenvalue weighted by Gasteiger charge is -2.01. The molecule has 1 unspecified atom stereocenters. The largest absolute Gasteiger partial charge is 0.447 e. The summed E-state index contributed by atoms with van der Waals surface area (Å²) in [6.07, 6.45) is 3.23. The molecule has 0 spiro atoms. The van der Waals surface area contributed by atoms with Gasteiger partial charge in [-0.25, -0.2) is 4.79 Å². The van der Waals surface area contributed by atoms with E-state index in [0.717, 1.165) is 5.56 Å². The van der Waals surface area contributed by atoms with Gasteiger partial charge in [-0.2, -0.15) is 5.10 Å². The van der Waals surface area contributed by atoms with Crippen molar-refractivity contribution in [2.24, 2.45) is 7.05 Å². The molecule has 2 heterocycles. The third-order valence-electron chi connectivity index (χ3n) is 1.80. The molecule has 1 aromatic rings. The maximum Gasteiger partial charge on any atom is 0.407 e. The number of nitrogens with zero attached hydrogens (tertiary/aromatic N) is 2. The summed E-state index contributed by atoms with van der Waals surface area (Å²) in [4.78, 5) is 10.7. The number of hydrogen-bond donors (Lipinski definition) is 1. The van der Waals surface area contributed by atoms with Crippen LogP contribution >= 0.6 is 0 Å². The summed E-state index contributed by atoms with van der Waals surface area (Å²) in [6, 6.07) is -0.0359. The Morgan fingerprint density at radius 2 is 2.67 bits per heavy atom. The highest BCUT2D eigenvalue weighted by molar-refractivity contribution is 5.69. The number of alkyl carbamates (subject to hydrolysis) is 1. The van der Waals surface area contributed by atoms with Crippen LogP contribution in [0, 0.1) is 0 Å². The normalized spacial score (nSPS) is 22.1. The summed E-state index contributed by atoms with van der Waals surface area (Å²) in [6.45, 7) is 0.393. The van der Waals surface area contributed by atoms with E-state index in [4.69, 9.17) is 4.74 Å². The fraction of sp³-hybridized carbons (Fsp3) is 0.429. The van der Waals surface area contributed by atoms with E-state index >= 15 is 0 Å². The fourth-order valence-corrected chi connectivity index (χ4v) is 1.18. The van der Waals surface area contributed by atoms with E-state index in [9.17, 15) is 4.79 Å². The number of aromatic nitrogens is 2. The van der Waals surface area contributed by atoms with Crippen LogP contribution in [0.4, 0.5) is 4.79 Å². The predicted molar refractivity (Wildman–Crippen MR) is 40.4 cm³/mol. The van der Waals surface area contributed by atoms with Crippen LogP contribution in [0.2, 0.25) is 0 Å². The van der Waals surface area contributed by atoms with E-state index < -0.39 is 0 Å². The molecule has 0 bridgehead atoms. The Balaban J connectivity index is 2.15. The topological polar surface area (TPSA) is 56.1 Å². The zero-order valence-corrected chi connectivity index (χ0v) is 6.65. The molecule has 12 heavy (non-hydrogen) atoms. The average Bonchev–Trinajstić information content (AvgIpc) is 2.58. The molecule has 1 amide bonds. The van der Waals surface area contributed by atoms with Crippen molar-refractivity contribution in [3.05, 3.63) is 18.0 Å². The van der Waals surface area contributed by atoms with Crippen LogP contribution in [0.25, 0.3) is 0 Å². The van der Waals surface area contributed by atoms with Crippen molar-refractivity contribution >= 4 is 6.09 Å². The Bertz CT molecular complexity index is 307. The minimum Gasteiger partial charge on any atom is -0.447 e. The van der Waals surface area contributed by atoms with Gasteiger partial charge in [-0.15, -0.1) is 0 Å². The molecule has 1 aromatic heterocycles. The Hall–Kier alpha value is -1.52. The third-order valence-corrected chi connectivity index (χ3v) is 1.80. The highest BCUT2D eigenvalue weighted by Crippen LogP contribution is 2.16. The molecule has 0 aromatic carbocycles. The number of aryl methyl sites for hydroxylation is 1. The van der Waals surface area contributed by atoms with Crippen molar-refractivity contribution in [2.75, 3.05) is 6.61 Å². The highest BCUT2D eigenvalue weighted by Gasteiger charge is 2.24. The number of cyclic esters (lactones) is 1. The Morgan fingerprint density at radius 3 is 3.17 bits per heavy atom. The maximum atomic E-state index is 10.7. The average molecular weight is 167 g/mol. The lowest BCUT2D eigenvalue weighted by molar-refractivity contribution is 0.177. The lowest BCUT2D eigenvalue weighted by Crippen LogP contribution is -2.17. The molecule has 0 saturated carbocycles. The van der Waals surface area contributed by atoms with Gasteiger partial charge >= 0.3 is 6.09 Å². The summed E-state index contributed by atoms with van der Waals surface area (Å²) < 4.78 is 6.44. The molecule has 1 N–H and O–H groups in total. The predicted octanol–water partition coefficient (Wildman–Crippen LogP) is 0.201. The van der Waals surface area contributed by atoms with E-state index in [1.165, 1.54) is 0 Å². The number of carbonyl (C=O) groups is 1. The molecule has 5 nitrogen and oxygen atoms in total. The summed E-state index contributed by atoms with van der Waals surface area (Å²) in [7, 11) is 1.83. The summed E-state index contributed by atoms with van der Waals surface area (Å²) in [5.41, 5.74) is 0.975. The van der Waals surface area contributed by atoms with Crippen LogP contribution in [0.1, 0.15) is 11.6 Å². The Kier molecular flexibility index (Phi) is 1.49. The molecule has 1 fully saturated rings. The minimum absolute atomic E-state index is 0.0359. The van der Waals surface area contributed by atoms with Gasteiger partial charge in [0.25, 0.3) is 0 Å². The van der Waals surface area contributed by atoms with Gasteiger partial charge in [-0.1, -0.05) is 0 Å². The molecule has 1 aliphatic heterocycles. The summed E-state index contributed by atoms with van der Waals surface area (Å²) >= 11 is 0. The number of hydrogen-bond acceptors (Lipinski definition) is 3. The zero-order chi connectivity index (χ0) is 8.55. The first-order valence-corrected chi connectivity index (χ1v) is 3.67. The quantitative estimate of drug-likeness (QED) is 0.650. The van der Waals surface area contributed by atoms with Crippen LogP contribution in [-0.2, 0) is 11.8 Å². The van der Waals surface area contributed by atoms with Crippen molar-refractivity contribution in [1.82, 2.24) is 15.1 Å². The lowest BCUT2D eigenvalue weighted by atomic mass is 10.2. The van der Waals surface area contributed by atoms with Crippen molar-refractivity contribution in [2.45, 2.75) is 6.04 Å². The van der Waals surface area contributed by atoms with Gasteiger partial charge in [0.1, 0.15) is 6.61 Å². The first-order valence-electron chi connectivity index (χ1n) is 3.67. The molecule has 1 aliphatic rings. The summed E-state index contributed by atoms with van der Waals surface area (Å²) in [5, 5.41) is 6.67. The molecule has 1 atom stereocenters. The maximum absolute atomic E-state index is 10.7. The second-order valence-corrected chi connectivity index (χ2v) is 2.74. The molecule has 5 heteroatoms. The van der Waals surface area contributed by atoms with Gasteiger partial charge in [0.05, 0.1) is 12.2 Å². The molecule has 0 radical (unpaired) electrons. The zero-order valence-electron chi connectivity index (χ0n) is 6.65. The fourth-order valence-electron chi connectivity index (χ4n) is 1.18. The monoisotopic (exact) mass is 167 g/mol. The highest BCUT2D eigenvalue weighted by atomic mass is 16.6. The third kappa shape index (κ3) is 1.13. The van der Waals surface area contributed by atoms with E-state index in [-0.39, 0.29) is 12.1 Å². The van der Waals surface area contributed by atoms with Crippen molar-refractivity contribution in [3.8, 4) is 0 Å². The van der Waals surface area contributed by atoms with E-state index in [1.54, 1.807) is 10.9 Å². The summed E-state index contributed by atoms with van der Waals surface area (Å²) in [5.74, 6) is 0. The first kappa shape index (κ1) is 7.15. The van der Waals surface area contributed by atoms with Gasteiger partial charge in [-0.05, 0) is 0 Å². The van der Waals surface area contributed by atoms with Crippen LogP contribution in [0.3, 0.4) is 0 Å².